The van der Waals surface area contributed by atoms with Crippen LogP contribution in [0.1, 0.15) is 6.23 Å². The van der Waals surface area contributed by atoms with Gasteiger partial charge < -0.3 is 24.6 Å². The zero-order chi connectivity index (χ0) is 14.6. The highest BCUT2D eigenvalue weighted by atomic mass is 16.6. The number of rotatable bonds is 2. The number of aliphatic hydroxyl groups is 3. The Morgan fingerprint density at radius 3 is 2.81 bits per heavy atom. The predicted molar refractivity (Wildman–Crippen MR) is 69.3 cm³/mol. The van der Waals surface area contributed by atoms with E-state index >= 15 is 0 Å². The number of fused-ring (bicyclic) bond motifs is 3. The first-order valence-electron chi connectivity index (χ1n) is 6.48. The van der Waals surface area contributed by atoms with E-state index in [0.29, 0.717) is 11.3 Å². The molecule has 1 saturated heterocycles. The Labute approximate surface area is 118 Å². The summed E-state index contributed by atoms with van der Waals surface area (Å²) in [5.74, 6) is 0. The molecule has 1 aliphatic heterocycles. The van der Waals surface area contributed by atoms with E-state index in [-0.39, 0.29) is 6.61 Å². The van der Waals surface area contributed by atoms with Gasteiger partial charge in [0.2, 0.25) is 0 Å². The first-order valence-corrected chi connectivity index (χ1v) is 6.48. The van der Waals surface area contributed by atoms with Crippen molar-refractivity contribution in [3.8, 4) is 0 Å². The summed E-state index contributed by atoms with van der Waals surface area (Å²) >= 11 is 0. The van der Waals surface area contributed by atoms with Crippen molar-refractivity contribution in [1.29, 1.82) is 0 Å². The van der Waals surface area contributed by atoms with Crippen LogP contribution >= 0.6 is 0 Å². The Morgan fingerprint density at radius 2 is 2.05 bits per heavy atom. The molecule has 21 heavy (non-hydrogen) atoms. The van der Waals surface area contributed by atoms with Crippen LogP contribution in [0.5, 0.6) is 0 Å². The smallest absolute Gasteiger partial charge is 0.168 e. The second-order valence-corrected chi connectivity index (χ2v) is 4.96. The molecule has 0 unspecified atom stereocenters. The van der Waals surface area contributed by atoms with Crippen LogP contribution in [0.25, 0.3) is 16.7 Å². The standard InChI is InChI=1S/C12H13N5O4/c18-3-7-8(19)9(20)12(21-7)16-2-1-6-10(16)14-5-17-11(6)13-4-15-17/h1-2,4-5,7-9,12,18-20H,3H2/t7-,8+,9-,12-/m0/s1. The van der Waals surface area contributed by atoms with E-state index in [2.05, 4.69) is 15.1 Å². The van der Waals surface area contributed by atoms with Crippen LogP contribution in [0, 0.1) is 0 Å². The summed E-state index contributed by atoms with van der Waals surface area (Å²) in [6, 6.07) is 1.79. The van der Waals surface area contributed by atoms with Gasteiger partial charge in [0.1, 0.15) is 36.6 Å². The molecule has 3 aromatic rings. The summed E-state index contributed by atoms with van der Waals surface area (Å²) in [7, 11) is 0. The quantitative estimate of drug-likeness (QED) is 0.536. The third-order valence-electron chi connectivity index (χ3n) is 3.78. The maximum atomic E-state index is 10.1. The zero-order valence-corrected chi connectivity index (χ0v) is 10.8. The molecular weight excluding hydrogens is 278 g/mol. The Bertz CT molecular complexity index is 799. The van der Waals surface area contributed by atoms with Crippen LogP contribution < -0.4 is 0 Å². The molecule has 0 aliphatic carbocycles. The fourth-order valence-corrected chi connectivity index (χ4v) is 2.70. The minimum atomic E-state index is -1.14. The molecule has 3 N–H and O–H groups in total. The molecule has 0 aromatic carbocycles. The topological polar surface area (TPSA) is 118 Å². The average Bonchev–Trinajstić information content (AvgIpc) is 3.17. The van der Waals surface area contributed by atoms with E-state index in [1.165, 1.54) is 12.7 Å². The molecular formula is C12H13N5O4. The molecule has 1 aliphatic rings. The molecule has 110 valence electrons. The lowest BCUT2D eigenvalue weighted by atomic mass is 10.1. The average molecular weight is 291 g/mol. The fourth-order valence-electron chi connectivity index (χ4n) is 2.70. The minimum absolute atomic E-state index is 0.365. The summed E-state index contributed by atoms with van der Waals surface area (Å²) in [5.41, 5.74) is 1.20. The minimum Gasteiger partial charge on any atom is -0.394 e. The lowest BCUT2D eigenvalue weighted by Gasteiger charge is -2.17. The van der Waals surface area contributed by atoms with Gasteiger partial charge in [0, 0.05) is 6.20 Å². The first-order chi connectivity index (χ1) is 10.2. The van der Waals surface area contributed by atoms with Crippen molar-refractivity contribution >= 4 is 16.7 Å². The largest absolute Gasteiger partial charge is 0.394 e. The van der Waals surface area contributed by atoms with Gasteiger partial charge in [0.25, 0.3) is 0 Å². The lowest BCUT2D eigenvalue weighted by Crippen LogP contribution is -2.33. The molecule has 0 amide bonds. The molecule has 1 fully saturated rings. The van der Waals surface area contributed by atoms with Crippen molar-refractivity contribution in [3.05, 3.63) is 24.9 Å². The Hall–Kier alpha value is -2.07. The molecule has 9 heteroatoms. The summed E-state index contributed by atoms with van der Waals surface area (Å²) in [5, 5.41) is 33.9. The lowest BCUT2D eigenvalue weighted by molar-refractivity contribution is -0.0508. The summed E-state index contributed by atoms with van der Waals surface area (Å²) in [4.78, 5) is 8.44. The Kier molecular flexibility index (Phi) is 2.69. The summed E-state index contributed by atoms with van der Waals surface area (Å²) in [6.45, 7) is -0.365. The third kappa shape index (κ3) is 1.69. The molecule has 0 saturated carbocycles. The molecule has 0 radical (unpaired) electrons. The van der Waals surface area contributed by atoms with E-state index in [9.17, 15) is 10.2 Å². The van der Waals surface area contributed by atoms with Gasteiger partial charge in [-0.3, -0.25) is 0 Å². The first kappa shape index (κ1) is 12.7. The van der Waals surface area contributed by atoms with Crippen molar-refractivity contribution in [2.45, 2.75) is 24.5 Å². The van der Waals surface area contributed by atoms with Crippen LogP contribution in [0.2, 0.25) is 0 Å². The van der Waals surface area contributed by atoms with Crippen LogP contribution in [-0.2, 0) is 4.74 Å². The number of aliphatic hydroxyl groups excluding tert-OH is 3. The molecule has 0 spiro atoms. The van der Waals surface area contributed by atoms with E-state index in [1.54, 1.807) is 21.3 Å². The van der Waals surface area contributed by atoms with Gasteiger partial charge in [0.15, 0.2) is 11.9 Å². The molecule has 4 atom stereocenters. The molecule has 0 bridgehead atoms. The van der Waals surface area contributed by atoms with Crippen molar-refractivity contribution in [3.63, 3.8) is 0 Å². The van der Waals surface area contributed by atoms with Crippen LogP contribution in [0.4, 0.5) is 0 Å². The van der Waals surface area contributed by atoms with Crippen LogP contribution in [0.3, 0.4) is 0 Å². The van der Waals surface area contributed by atoms with Gasteiger partial charge >= 0.3 is 0 Å². The number of aromatic nitrogens is 5. The van der Waals surface area contributed by atoms with Gasteiger partial charge in [-0.15, -0.1) is 0 Å². The van der Waals surface area contributed by atoms with E-state index in [0.717, 1.165) is 5.39 Å². The van der Waals surface area contributed by atoms with Gasteiger partial charge in [-0.25, -0.2) is 14.5 Å². The van der Waals surface area contributed by atoms with E-state index < -0.39 is 24.5 Å². The Balaban J connectivity index is 1.84. The summed E-state index contributed by atoms with van der Waals surface area (Å²) < 4.78 is 8.68. The van der Waals surface area contributed by atoms with Crippen molar-refractivity contribution in [2.75, 3.05) is 6.61 Å². The van der Waals surface area contributed by atoms with Crippen LogP contribution in [0.15, 0.2) is 24.9 Å². The van der Waals surface area contributed by atoms with Crippen molar-refractivity contribution < 1.29 is 20.1 Å². The van der Waals surface area contributed by atoms with Crippen molar-refractivity contribution in [2.24, 2.45) is 0 Å². The number of hydrogen-bond acceptors (Lipinski definition) is 7. The van der Waals surface area contributed by atoms with Crippen LogP contribution in [-0.4, -0.2) is 64.4 Å². The van der Waals surface area contributed by atoms with E-state index in [4.69, 9.17) is 9.84 Å². The zero-order valence-electron chi connectivity index (χ0n) is 10.8. The highest BCUT2D eigenvalue weighted by Gasteiger charge is 2.43. The van der Waals surface area contributed by atoms with Gasteiger partial charge in [-0.05, 0) is 6.07 Å². The highest BCUT2D eigenvalue weighted by Crippen LogP contribution is 2.32. The maximum absolute atomic E-state index is 10.1. The molecule has 9 nitrogen and oxygen atoms in total. The maximum Gasteiger partial charge on any atom is 0.168 e. The summed E-state index contributed by atoms with van der Waals surface area (Å²) in [6.07, 6.45) is 0.727. The predicted octanol–water partition coefficient (Wildman–Crippen LogP) is -1.31. The second-order valence-electron chi connectivity index (χ2n) is 4.96. The highest BCUT2D eigenvalue weighted by molar-refractivity contribution is 5.89. The monoisotopic (exact) mass is 291 g/mol. The second kappa shape index (κ2) is 4.46. The van der Waals surface area contributed by atoms with Gasteiger partial charge in [-0.2, -0.15) is 5.10 Å². The number of nitrogens with zero attached hydrogens (tertiary/aromatic N) is 5. The third-order valence-corrected chi connectivity index (χ3v) is 3.78. The van der Waals surface area contributed by atoms with Crippen molar-refractivity contribution in [1.82, 2.24) is 24.1 Å². The molecule has 4 heterocycles. The molecule has 3 aromatic heterocycles. The van der Waals surface area contributed by atoms with E-state index in [1.807, 2.05) is 0 Å². The fraction of sp³-hybridized carbons (Fsp3) is 0.417. The Morgan fingerprint density at radius 1 is 1.19 bits per heavy atom. The van der Waals surface area contributed by atoms with Gasteiger partial charge in [-0.1, -0.05) is 0 Å². The number of hydrogen-bond donors (Lipinski definition) is 3. The number of ether oxygens (including phenoxy) is 1. The SMILES string of the molecule is OC[C@@H]1O[C@H](n2ccc3c2ncn2ncnc32)[C@@H](O)[C@@H]1O. The van der Waals surface area contributed by atoms with Gasteiger partial charge in [0.05, 0.1) is 12.0 Å². The normalized spacial score (nSPS) is 29.7. The molecule has 4 rings (SSSR count).